The first-order valence-electron chi connectivity index (χ1n) is 7.62. The maximum Gasteiger partial charge on any atom is 0.273 e. The van der Waals surface area contributed by atoms with Gasteiger partial charge in [-0.25, -0.2) is 4.98 Å². The van der Waals surface area contributed by atoms with Gasteiger partial charge < -0.3 is 10.6 Å². The Labute approximate surface area is 152 Å². The molecule has 0 radical (unpaired) electrons. The summed E-state index contributed by atoms with van der Waals surface area (Å²) in [6.45, 7) is 1.32. The lowest BCUT2D eigenvalue weighted by Crippen LogP contribution is -2.32. The number of nitro benzene ring substituents is 1. The highest BCUT2D eigenvalue weighted by molar-refractivity contribution is 7.22. The summed E-state index contributed by atoms with van der Waals surface area (Å²) in [6, 6.07) is 11.6. The predicted molar refractivity (Wildman–Crippen MR) is 98.4 cm³/mol. The van der Waals surface area contributed by atoms with Gasteiger partial charge in [0, 0.05) is 17.2 Å². The van der Waals surface area contributed by atoms with Gasteiger partial charge >= 0.3 is 0 Å². The fourth-order valence-electron chi connectivity index (χ4n) is 2.30. The smallest absolute Gasteiger partial charge is 0.273 e. The molecular weight excluding hydrogens is 356 g/mol. The van der Waals surface area contributed by atoms with Crippen LogP contribution in [0.4, 0.5) is 10.8 Å². The van der Waals surface area contributed by atoms with E-state index in [0.717, 1.165) is 10.2 Å². The van der Waals surface area contributed by atoms with Gasteiger partial charge in [-0.3, -0.25) is 19.7 Å². The van der Waals surface area contributed by atoms with Crippen molar-refractivity contribution in [1.82, 2.24) is 10.3 Å². The van der Waals surface area contributed by atoms with Crippen LogP contribution in [0.15, 0.2) is 42.5 Å². The normalized spacial score (nSPS) is 10.5. The Kier molecular flexibility index (Phi) is 4.90. The summed E-state index contributed by atoms with van der Waals surface area (Å²) in [5.74, 6) is -0.994. The van der Waals surface area contributed by atoms with E-state index in [2.05, 4.69) is 15.6 Å². The average molecular weight is 370 g/mol. The number of benzene rings is 2. The third-order valence-electron chi connectivity index (χ3n) is 3.62. The summed E-state index contributed by atoms with van der Waals surface area (Å²) in [6.07, 6.45) is 0. The third-order valence-corrected chi connectivity index (χ3v) is 4.57. The van der Waals surface area contributed by atoms with Gasteiger partial charge in [-0.2, -0.15) is 0 Å². The molecule has 26 heavy (non-hydrogen) atoms. The minimum Gasteiger partial charge on any atom is -0.343 e. The van der Waals surface area contributed by atoms with Gasteiger partial charge in [0.25, 0.3) is 11.6 Å². The maximum atomic E-state index is 12.1. The van der Waals surface area contributed by atoms with E-state index < -0.39 is 16.7 Å². The molecule has 3 rings (SSSR count). The number of nitrogens with one attached hydrogen (secondary N) is 2. The number of aromatic nitrogens is 1. The minimum absolute atomic E-state index is 0.120. The van der Waals surface area contributed by atoms with E-state index in [-0.39, 0.29) is 17.8 Å². The zero-order valence-electron chi connectivity index (χ0n) is 13.7. The number of hydrogen-bond donors (Lipinski definition) is 2. The van der Waals surface area contributed by atoms with Gasteiger partial charge in [-0.05, 0) is 25.1 Å². The number of amides is 2. The number of nitrogens with zero attached hydrogens (tertiary/aromatic N) is 2. The number of anilines is 1. The highest BCUT2D eigenvalue weighted by Crippen LogP contribution is 2.25. The first-order valence-corrected chi connectivity index (χ1v) is 8.44. The quantitative estimate of drug-likeness (QED) is 0.529. The molecule has 0 bridgehead atoms. The Morgan fingerprint density at radius 2 is 2.00 bits per heavy atom. The molecule has 0 spiro atoms. The Morgan fingerprint density at radius 1 is 1.23 bits per heavy atom. The molecule has 2 N–H and O–H groups in total. The number of carbonyl (C=O) groups excluding carboxylic acids is 2. The number of rotatable bonds is 5. The molecule has 0 atom stereocenters. The zero-order chi connectivity index (χ0) is 18.7. The molecule has 0 aliphatic rings. The molecule has 1 aromatic heterocycles. The van der Waals surface area contributed by atoms with Crippen LogP contribution in [0.2, 0.25) is 0 Å². The summed E-state index contributed by atoms with van der Waals surface area (Å²) in [5, 5.41) is 16.4. The van der Waals surface area contributed by atoms with E-state index in [0.29, 0.717) is 10.7 Å². The van der Waals surface area contributed by atoms with E-state index in [1.54, 1.807) is 6.92 Å². The van der Waals surface area contributed by atoms with Crippen molar-refractivity contribution in [3.63, 3.8) is 0 Å². The van der Waals surface area contributed by atoms with Gasteiger partial charge in [-0.15, -0.1) is 0 Å². The molecule has 0 unspecified atom stereocenters. The van der Waals surface area contributed by atoms with Crippen molar-refractivity contribution in [3.05, 3.63) is 63.7 Å². The van der Waals surface area contributed by atoms with Gasteiger partial charge in [-0.1, -0.05) is 29.5 Å². The highest BCUT2D eigenvalue weighted by atomic mass is 32.1. The van der Waals surface area contributed by atoms with E-state index >= 15 is 0 Å². The molecular formula is C17H14N4O4S. The minimum atomic E-state index is -0.562. The van der Waals surface area contributed by atoms with Gasteiger partial charge in [0.15, 0.2) is 5.13 Å². The van der Waals surface area contributed by atoms with Crippen molar-refractivity contribution in [2.24, 2.45) is 0 Å². The van der Waals surface area contributed by atoms with Crippen LogP contribution < -0.4 is 10.6 Å². The third kappa shape index (κ3) is 3.83. The molecule has 2 aromatic carbocycles. The van der Waals surface area contributed by atoms with Crippen molar-refractivity contribution in [3.8, 4) is 0 Å². The average Bonchev–Trinajstić information content (AvgIpc) is 3.02. The van der Waals surface area contributed by atoms with Crippen LogP contribution >= 0.6 is 11.3 Å². The van der Waals surface area contributed by atoms with Crippen molar-refractivity contribution in [2.45, 2.75) is 6.92 Å². The van der Waals surface area contributed by atoms with Gasteiger partial charge in [0.2, 0.25) is 5.91 Å². The van der Waals surface area contributed by atoms with Crippen LogP contribution in [0.3, 0.4) is 0 Å². The fourth-order valence-corrected chi connectivity index (χ4v) is 3.18. The second-order valence-corrected chi connectivity index (χ2v) is 6.51. The molecule has 8 nitrogen and oxygen atoms in total. The molecule has 0 saturated carbocycles. The molecule has 0 saturated heterocycles. The number of hydrogen-bond acceptors (Lipinski definition) is 6. The number of fused-ring (bicyclic) bond motifs is 1. The summed E-state index contributed by atoms with van der Waals surface area (Å²) >= 11 is 1.33. The Hall–Kier alpha value is -3.33. The van der Waals surface area contributed by atoms with Crippen molar-refractivity contribution in [2.75, 3.05) is 11.9 Å². The Morgan fingerprint density at radius 3 is 2.73 bits per heavy atom. The zero-order valence-corrected chi connectivity index (χ0v) is 14.5. The second-order valence-electron chi connectivity index (χ2n) is 5.48. The molecule has 0 aliphatic carbocycles. The van der Waals surface area contributed by atoms with Gasteiger partial charge in [0.1, 0.15) is 0 Å². The van der Waals surface area contributed by atoms with E-state index in [1.807, 2.05) is 24.3 Å². The Balaban J connectivity index is 1.61. The molecule has 9 heteroatoms. The number of aryl methyl sites for hydroxylation is 1. The molecule has 2 amide bonds. The topological polar surface area (TPSA) is 114 Å². The first kappa shape index (κ1) is 17.5. The van der Waals surface area contributed by atoms with Crippen LogP contribution in [0.1, 0.15) is 15.9 Å². The summed E-state index contributed by atoms with van der Waals surface area (Å²) in [4.78, 5) is 38.8. The molecule has 1 heterocycles. The Bertz CT molecular complexity index is 982. The van der Waals surface area contributed by atoms with Crippen molar-refractivity contribution in [1.29, 1.82) is 0 Å². The number of carbonyl (C=O) groups is 2. The summed E-state index contributed by atoms with van der Waals surface area (Å²) in [5.41, 5.74) is 1.22. The van der Waals surface area contributed by atoms with E-state index in [4.69, 9.17) is 0 Å². The monoisotopic (exact) mass is 370 g/mol. The highest BCUT2D eigenvalue weighted by Gasteiger charge is 2.16. The second kappa shape index (κ2) is 7.28. The SMILES string of the molecule is Cc1ccc(C(=O)NCC(=O)Nc2nc3ccccc3s2)cc1[N+](=O)[O-]. The van der Waals surface area contributed by atoms with Crippen LogP contribution in [0.5, 0.6) is 0 Å². The fraction of sp³-hybridized carbons (Fsp3) is 0.118. The summed E-state index contributed by atoms with van der Waals surface area (Å²) < 4.78 is 0.943. The van der Waals surface area contributed by atoms with Crippen molar-refractivity contribution < 1.29 is 14.5 Å². The predicted octanol–water partition coefficient (Wildman–Crippen LogP) is 2.88. The van der Waals surface area contributed by atoms with Crippen LogP contribution in [-0.2, 0) is 4.79 Å². The first-order chi connectivity index (χ1) is 12.4. The number of nitro groups is 1. The van der Waals surface area contributed by atoms with Crippen molar-refractivity contribution >= 4 is 44.2 Å². The maximum absolute atomic E-state index is 12.1. The van der Waals surface area contributed by atoms with E-state index in [1.165, 1.54) is 29.5 Å². The number of para-hydroxylation sites is 1. The van der Waals surface area contributed by atoms with Crippen LogP contribution in [0.25, 0.3) is 10.2 Å². The molecule has 132 valence electrons. The lowest BCUT2D eigenvalue weighted by Gasteiger charge is -2.06. The molecule has 3 aromatic rings. The van der Waals surface area contributed by atoms with Gasteiger partial charge in [0.05, 0.1) is 21.7 Å². The standard InChI is InChI=1S/C17H14N4O4S/c1-10-6-7-11(8-13(10)21(24)25)16(23)18-9-15(22)20-17-19-12-4-2-3-5-14(12)26-17/h2-8H,9H2,1H3,(H,18,23)(H,19,20,22). The molecule has 0 aliphatic heterocycles. The summed E-state index contributed by atoms with van der Waals surface area (Å²) in [7, 11) is 0. The van der Waals surface area contributed by atoms with Crippen LogP contribution in [-0.4, -0.2) is 28.3 Å². The lowest BCUT2D eigenvalue weighted by atomic mass is 10.1. The molecule has 0 fully saturated rings. The number of thiazole rings is 1. The van der Waals surface area contributed by atoms with E-state index in [9.17, 15) is 19.7 Å². The lowest BCUT2D eigenvalue weighted by molar-refractivity contribution is -0.385. The largest absolute Gasteiger partial charge is 0.343 e. The van der Waals surface area contributed by atoms with Crippen LogP contribution in [0, 0.1) is 17.0 Å².